The summed E-state index contributed by atoms with van der Waals surface area (Å²) >= 11 is 2.76. The van der Waals surface area contributed by atoms with E-state index in [9.17, 15) is 4.79 Å². The van der Waals surface area contributed by atoms with E-state index in [1.807, 2.05) is 30.5 Å². The highest BCUT2D eigenvalue weighted by Gasteiger charge is 2.14. The Kier molecular flexibility index (Phi) is 6.99. The Morgan fingerprint density at radius 2 is 1.93 bits per heavy atom. The SMILES string of the molecule is CCc1nnc(NC(=O)CSc2nnc(CNc3ccc(C)cc3)n2CC)s1. The van der Waals surface area contributed by atoms with Crippen molar-refractivity contribution in [1.82, 2.24) is 25.0 Å². The van der Waals surface area contributed by atoms with Gasteiger partial charge in [-0.05, 0) is 32.4 Å². The number of benzene rings is 1. The molecule has 2 N–H and O–H groups in total. The Bertz CT molecular complexity index is 920. The van der Waals surface area contributed by atoms with Crippen molar-refractivity contribution in [2.45, 2.75) is 45.4 Å². The molecule has 28 heavy (non-hydrogen) atoms. The number of hydrogen-bond acceptors (Lipinski definition) is 8. The number of hydrogen-bond donors (Lipinski definition) is 2. The third kappa shape index (κ3) is 5.29. The van der Waals surface area contributed by atoms with E-state index in [1.54, 1.807) is 0 Å². The lowest BCUT2D eigenvalue weighted by molar-refractivity contribution is -0.113. The summed E-state index contributed by atoms with van der Waals surface area (Å²) in [5.41, 5.74) is 2.26. The zero-order chi connectivity index (χ0) is 19.9. The largest absolute Gasteiger partial charge is 0.378 e. The number of thioether (sulfide) groups is 1. The summed E-state index contributed by atoms with van der Waals surface area (Å²) < 4.78 is 2.01. The fourth-order valence-electron chi connectivity index (χ4n) is 2.46. The maximum absolute atomic E-state index is 12.2. The summed E-state index contributed by atoms with van der Waals surface area (Å²) in [5, 5.41) is 24.8. The smallest absolute Gasteiger partial charge is 0.236 e. The molecule has 1 aromatic carbocycles. The van der Waals surface area contributed by atoms with Crippen molar-refractivity contribution < 1.29 is 4.79 Å². The normalized spacial score (nSPS) is 10.8. The van der Waals surface area contributed by atoms with Crippen LogP contribution in [0, 0.1) is 6.92 Å². The number of nitrogens with zero attached hydrogens (tertiary/aromatic N) is 5. The van der Waals surface area contributed by atoms with Crippen molar-refractivity contribution in [1.29, 1.82) is 0 Å². The second-order valence-corrected chi connectivity index (χ2v) is 8.06. The molecule has 8 nitrogen and oxygen atoms in total. The van der Waals surface area contributed by atoms with Gasteiger partial charge in [0.25, 0.3) is 0 Å². The molecule has 0 bridgehead atoms. The van der Waals surface area contributed by atoms with E-state index in [0.29, 0.717) is 11.7 Å². The molecule has 148 valence electrons. The van der Waals surface area contributed by atoms with Crippen molar-refractivity contribution in [3.8, 4) is 0 Å². The molecular weight excluding hydrogens is 394 g/mol. The Hall–Kier alpha value is -2.46. The lowest BCUT2D eigenvalue weighted by atomic mass is 10.2. The molecule has 0 aliphatic carbocycles. The minimum atomic E-state index is -0.131. The third-order valence-electron chi connectivity index (χ3n) is 3.96. The molecule has 2 aromatic heterocycles. The summed E-state index contributed by atoms with van der Waals surface area (Å²) in [6.07, 6.45) is 0.807. The Morgan fingerprint density at radius 3 is 2.61 bits per heavy atom. The molecule has 3 rings (SSSR count). The highest BCUT2D eigenvalue weighted by molar-refractivity contribution is 7.99. The zero-order valence-corrected chi connectivity index (χ0v) is 17.7. The fraction of sp³-hybridized carbons (Fsp3) is 0.389. The highest BCUT2D eigenvalue weighted by Crippen LogP contribution is 2.20. The van der Waals surface area contributed by atoms with Gasteiger partial charge in [0.1, 0.15) is 5.01 Å². The molecule has 0 unspecified atom stereocenters. The van der Waals surface area contributed by atoms with Crippen LogP contribution in [-0.4, -0.2) is 36.6 Å². The quantitative estimate of drug-likeness (QED) is 0.515. The topological polar surface area (TPSA) is 97.6 Å². The average molecular weight is 418 g/mol. The molecule has 3 aromatic rings. The van der Waals surface area contributed by atoms with E-state index in [4.69, 9.17) is 0 Å². The molecule has 0 spiro atoms. The first-order chi connectivity index (χ1) is 13.6. The first-order valence-corrected chi connectivity index (χ1v) is 10.9. The van der Waals surface area contributed by atoms with E-state index in [0.717, 1.165) is 34.6 Å². The third-order valence-corrected chi connectivity index (χ3v) is 5.91. The Labute approximate surface area is 172 Å². The van der Waals surface area contributed by atoms with Gasteiger partial charge in [0.15, 0.2) is 11.0 Å². The second-order valence-electron chi connectivity index (χ2n) is 6.05. The first kappa shape index (κ1) is 20.3. The second kappa shape index (κ2) is 9.65. The van der Waals surface area contributed by atoms with Crippen LogP contribution in [0.1, 0.15) is 30.2 Å². The maximum Gasteiger partial charge on any atom is 0.236 e. The van der Waals surface area contributed by atoms with Crippen molar-refractivity contribution in [2.75, 3.05) is 16.4 Å². The lowest BCUT2D eigenvalue weighted by Gasteiger charge is -2.09. The van der Waals surface area contributed by atoms with Gasteiger partial charge in [0.2, 0.25) is 11.0 Å². The van der Waals surface area contributed by atoms with E-state index in [-0.39, 0.29) is 11.7 Å². The Morgan fingerprint density at radius 1 is 1.14 bits per heavy atom. The minimum Gasteiger partial charge on any atom is -0.378 e. The summed E-state index contributed by atoms with van der Waals surface area (Å²) in [4.78, 5) is 12.2. The van der Waals surface area contributed by atoms with Crippen molar-refractivity contribution >= 4 is 39.8 Å². The molecule has 0 radical (unpaired) electrons. The predicted octanol–water partition coefficient (Wildman–Crippen LogP) is 3.36. The number of aromatic nitrogens is 5. The predicted molar refractivity (Wildman–Crippen MR) is 113 cm³/mol. The first-order valence-electron chi connectivity index (χ1n) is 9.06. The number of nitrogens with one attached hydrogen (secondary N) is 2. The monoisotopic (exact) mass is 417 g/mol. The number of carbonyl (C=O) groups excluding carboxylic acids is 1. The highest BCUT2D eigenvalue weighted by atomic mass is 32.2. The number of aryl methyl sites for hydroxylation is 2. The number of carbonyl (C=O) groups is 1. The van der Waals surface area contributed by atoms with Gasteiger partial charge in [0.05, 0.1) is 12.3 Å². The van der Waals surface area contributed by atoms with Crippen LogP contribution in [0.3, 0.4) is 0 Å². The molecule has 0 saturated carbocycles. The maximum atomic E-state index is 12.2. The van der Waals surface area contributed by atoms with E-state index >= 15 is 0 Å². The van der Waals surface area contributed by atoms with Crippen LogP contribution in [0.4, 0.5) is 10.8 Å². The molecular formula is C18H23N7OS2. The van der Waals surface area contributed by atoms with Crippen LogP contribution >= 0.6 is 23.1 Å². The molecule has 1 amide bonds. The van der Waals surface area contributed by atoms with E-state index in [2.05, 4.69) is 50.1 Å². The molecule has 0 aliphatic heterocycles. The number of rotatable bonds is 9. The van der Waals surface area contributed by atoms with Gasteiger partial charge >= 0.3 is 0 Å². The van der Waals surface area contributed by atoms with Crippen LogP contribution in [0.2, 0.25) is 0 Å². The molecule has 10 heteroatoms. The molecule has 0 fully saturated rings. The van der Waals surface area contributed by atoms with Crippen LogP contribution in [0.5, 0.6) is 0 Å². The number of amides is 1. The van der Waals surface area contributed by atoms with Gasteiger partial charge in [0, 0.05) is 12.2 Å². The van der Waals surface area contributed by atoms with Gasteiger partial charge in [-0.1, -0.05) is 47.7 Å². The summed E-state index contributed by atoms with van der Waals surface area (Å²) in [5.74, 6) is 0.946. The van der Waals surface area contributed by atoms with Crippen LogP contribution in [-0.2, 0) is 24.3 Å². The van der Waals surface area contributed by atoms with Gasteiger partial charge < -0.3 is 9.88 Å². The zero-order valence-electron chi connectivity index (χ0n) is 16.1. The summed E-state index contributed by atoms with van der Waals surface area (Å²) in [6.45, 7) is 7.41. The molecule has 0 saturated heterocycles. The van der Waals surface area contributed by atoms with Gasteiger partial charge in [-0.3, -0.25) is 10.1 Å². The van der Waals surface area contributed by atoms with Crippen molar-refractivity contribution in [3.05, 3.63) is 40.7 Å². The number of anilines is 2. The summed E-state index contributed by atoms with van der Waals surface area (Å²) in [7, 11) is 0. The van der Waals surface area contributed by atoms with Crippen molar-refractivity contribution in [3.63, 3.8) is 0 Å². The van der Waals surface area contributed by atoms with Crippen LogP contribution in [0.25, 0.3) is 0 Å². The fourth-order valence-corrected chi connectivity index (χ4v) is 3.98. The standard InChI is InChI=1S/C18H23N7OS2/c1-4-16-22-23-17(28-16)20-15(26)11-27-18-24-21-14(25(18)5-2)10-19-13-8-6-12(3)7-9-13/h6-9,19H,4-5,10-11H2,1-3H3,(H,20,23,26). The Balaban J connectivity index is 1.55. The van der Waals surface area contributed by atoms with Crippen LogP contribution in [0.15, 0.2) is 29.4 Å². The molecule has 0 aliphatic rings. The average Bonchev–Trinajstić information content (AvgIpc) is 3.32. The molecule has 2 heterocycles. The van der Waals surface area contributed by atoms with Crippen LogP contribution < -0.4 is 10.6 Å². The van der Waals surface area contributed by atoms with Crippen molar-refractivity contribution in [2.24, 2.45) is 0 Å². The van der Waals surface area contributed by atoms with Gasteiger partial charge in [-0.15, -0.1) is 20.4 Å². The van der Waals surface area contributed by atoms with E-state index in [1.165, 1.54) is 28.7 Å². The minimum absolute atomic E-state index is 0.131. The van der Waals surface area contributed by atoms with Gasteiger partial charge in [-0.2, -0.15) is 0 Å². The molecule has 0 atom stereocenters. The van der Waals surface area contributed by atoms with E-state index < -0.39 is 0 Å². The summed E-state index contributed by atoms with van der Waals surface area (Å²) in [6, 6.07) is 8.21. The lowest BCUT2D eigenvalue weighted by Crippen LogP contribution is -2.15. The van der Waals surface area contributed by atoms with Gasteiger partial charge in [-0.25, -0.2) is 0 Å².